The first-order valence-electron chi connectivity index (χ1n) is 6.33. The van der Waals surface area contributed by atoms with Crippen LogP contribution in [0, 0.1) is 11.3 Å². The third kappa shape index (κ3) is 2.21. The van der Waals surface area contributed by atoms with E-state index in [1.807, 2.05) is 6.07 Å². The van der Waals surface area contributed by atoms with Crippen LogP contribution in [0.3, 0.4) is 0 Å². The van der Waals surface area contributed by atoms with E-state index in [1.165, 1.54) is 18.4 Å². The highest BCUT2D eigenvalue weighted by Crippen LogP contribution is 2.28. The number of aromatic nitrogens is 1. The van der Waals surface area contributed by atoms with E-state index in [4.69, 9.17) is 0 Å². The smallest absolute Gasteiger partial charge is 0.269 e. The van der Waals surface area contributed by atoms with Gasteiger partial charge in [-0.3, -0.25) is 9.59 Å². The average molecular weight is 282 g/mol. The SMILES string of the molecule is CC(=O)/C(=C(/C)O)c1c(C#N)c(=O)n(C)c2ccccc12. The van der Waals surface area contributed by atoms with Crippen molar-refractivity contribution in [2.24, 2.45) is 7.05 Å². The maximum Gasteiger partial charge on any atom is 0.269 e. The molecule has 0 fully saturated rings. The van der Waals surface area contributed by atoms with Crippen LogP contribution in [-0.4, -0.2) is 15.5 Å². The van der Waals surface area contributed by atoms with Gasteiger partial charge in [-0.15, -0.1) is 0 Å². The van der Waals surface area contributed by atoms with Crippen molar-refractivity contribution in [3.8, 4) is 6.07 Å². The van der Waals surface area contributed by atoms with Crippen molar-refractivity contribution in [1.29, 1.82) is 5.26 Å². The van der Waals surface area contributed by atoms with Crippen LogP contribution in [0.5, 0.6) is 0 Å². The largest absolute Gasteiger partial charge is 0.512 e. The summed E-state index contributed by atoms with van der Waals surface area (Å²) in [6, 6.07) is 8.82. The minimum absolute atomic E-state index is 0.000417. The summed E-state index contributed by atoms with van der Waals surface area (Å²) in [7, 11) is 1.57. The van der Waals surface area contributed by atoms with Gasteiger partial charge in [0.1, 0.15) is 17.4 Å². The molecule has 2 rings (SSSR count). The molecule has 0 amide bonds. The van der Waals surface area contributed by atoms with Crippen molar-refractivity contribution in [2.45, 2.75) is 13.8 Å². The van der Waals surface area contributed by atoms with E-state index in [0.717, 1.165) is 0 Å². The molecule has 1 N–H and O–H groups in total. The number of fused-ring (bicyclic) bond motifs is 1. The molecule has 106 valence electrons. The molecule has 0 radical (unpaired) electrons. The van der Waals surface area contributed by atoms with Crippen molar-refractivity contribution in [2.75, 3.05) is 0 Å². The molecule has 0 atom stereocenters. The summed E-state index contributed by atoms with van der Waals surface area (Å²) in [5.41, 5.74) is 0.154. The Morgan fingerprint density at radius 1 is 1.29 bits per heavy atom. The number of Topliss-reactive ketones (excluding diaryl/α,β-unsaturated/α-hetero) is 1. The standard InChI is InChI=1S/C16H14N2O3/c1-9(19)14(10(2)20)15-11-6-4-5-7-13(11)18(3)16(21)12(15)8-17/h4-7,19H,1-3H3/b14-9+. The molecule has 1 aromatic carbocycles. The Morgan fingerprint density at radius 3 is 2.43 bits per heavy atom. The van der Waals surface area contributed by atoms with Crippen LogP contribution >= 0.6 is 0 Å². The molecule has 0 spiro atoms. The van der Waals surface area contributed by atoms with E-state index in [2.05, 4.69) is 0 Å². The van der Waals surface area contributed by atoms with E-state index in [0.29, 0.717) is 10.9 Å². The summed E-state index contributed by atoms with van der Waals surface area (Å²) in [4.78, 5) is 24.2. The second-order valence-electron chi connectivity index (χ2n) is 4.76. The second kappa shape index (κ2) is 5.25. The molecule has 0 unspecified atom stereocenters. The molecule has 0 aliphatic heterocycles. The van der Waals surface area contributed by atoms with Crippen LogP contribution in [0.25, 0.3) is 16.5 Å². The van der Waals surface area contributed by atoms with E-state index in [1.54, 1.807) is 31.3 Å². The highest BCUT2D eigenvalue weighted by atomic mass is 16.3. The summed E-state index contributed by atoms with van der Waals surface area (Å²) in [6.07, 6.45) is 0. The predicted octanol–water partition coefficient (Wildman–Crippen LogP) is 2.29. The molecular formula is C16H14N2O3. The third-order valence-electron chi connectivity index (χ3n) is 3.38. The maximum absolute atomic E-state index is 12.3. The molecule has 5 heteroatoms. The molecule has 0 saturated carbocycles. The lowest BCUT2D eigenvalue weighted by Gasteiger charge is -2.14. The highest BCUT2D eigenvalue weighted by Gasteiger charge is 2.22. The van der Waals surface area contributed by atoms with Crippen LogP contribution in [0.15, 0.2) is 34.8 Å². The number of nitriles is 1. The Balaban J connectivity index is 3.16. The number of pyridine rings is 1. The van der Waals surface area contributed by atoms with Gasteiger partial charge in [-0.05, 0) is 19.9 Å². The number of carbonyl (C=O) groups excluding carboxylic acids is 1. The first-order valence-corrected chi connectivity index (χ1v) is 6.33. The number of rotatable bonds is 2. The number of para-hydroxylation sites is 1. The van der Waals surface area contributed by atoms with Gasteiger partial charge >= 0.3 is 0 Å². The topological polar surface area (TPSA) is 83.1 Å². The Kier molecular flexibility index (Phi) is 3.64. The van der Waals surface area contributed by atoms with Crippen LogP contribution in [-0.2, 0) is 11.8 Å². The number of hydrogen-bond acceptors (Lipinski definition) is 4. The zero-order valence-corrected chi connectivity index (χ0v) is 12.0. The lowest BCUT2D eigenvalue weighted by atomic mass is 9.93. The second-order valence-corrected chi connectivity index (χ2v) is 4.76. The first kappa shape index (κ1) is 14.5. The molecule has 2 aromatic rings. The molecule has 0 saturated heterocycles. The molecule has 1 aromatic heterocycles. The van der Waals surface area contributed by atoms with Crippen LogP contribution in [0.2, 0.25) is 0 Å². The van der Waals surface area contributed by atoms with Gasteiger partial charge in [0.15, 0.2) is 5.78 Å². The summed E-state index contributed by atoms with van der Waals surface area (Å²) in [6.45, 7) is 2.66. The fourth-order valence-corrected chi connectivity index (χ4v) is 2.47. The van der Waals surface area contributed by atoms with Crippen LogP contribution < -0.4 is 5.56 Å². The molecule has 0 aliphatic carbocycles. The van der Waals surface area contributed by atoms with Gasteiger partial charge in [0.2, 0.25) is 0 Å². The van der Waals surface area contributed by atoms with Gasteiger partial charge in [-0.1, -0.05) is 18.2 Å². The molecule has 21 heavy (non-hydrogen) atoms. The van der Waals surface area contributed by atoms with Crippen molar-refractivity contribution in [3.05, 3.63) is 51.5 Å². The van der Waals surface area contributed by atoms with E-state index < -0.39 is 11.3 Å². The molecular weight excluding hydrogens is 268 g/mol. The van der Waals surface area contributed by atoms with E-state index >= 15 is 0 Å². The van der Waals surface area contributed by atoms with Crippen molar-refractivity contribution in [3.63, 3.8) is 0 Å². The van der Waals surface area contributed by atoms with Crippen LogP contribution in [0.4, 0.5) is 0 Å². The lowest BCUT2D eigenvalue weighted by Crippen LogP contribution is -2.23. The summed E-state index contributed by atoms with van der Waals surface area (Å²) in [5, 5.41) is 19.7. The number of aliphatic hydroxyl groups excluding tert-OH is 1. The predicted molar refractivity (Wildman–Crippen MR) is 79.8 cm³/mol. The fourth-order valence-electron chi connectivity index (χ4n) is 2.47. The van der Waals surface area contributed by atoms with Crippen LogP contribution in [0.1, 0.15) is 25.0 Å². The molecule has 1 heterocycles. The van der Waals surface area contributed by atoms with Crippen molar-refractivity contribution < 1.29 is 9.90 Å². The van der Waals surface area contributed by atoms with Gasteiger partial charge in [0.25, 0.3) is 5.56 Å². The van der Waals surface area contributed by atoms with E-state index in [9.17, 15) is 20.0 Å². The lowest BCUT2D eigenvalue weighted by molar-refractivity contribution is -0.111. The van der Waals surface area contributed by atoms with Gasteiger partial charge in [-0.25, -0.2) is 0 Å². The number of carbonyl (C=O) groups is 1. The van der Waals surface area contributed by atoms with Gasteiger partial charge in [-0.2, -0.15) is 5.26 Å². The van der Waals surface area contributed by atoms with Crippen molar-refractivity contribution in [1.82, 2.24) is 4.57 Å². The Hall–Kier alpha value is -2.87. The number of hydrogen-bond donors (Lipinski definition) is 1. The monoisotopic (exact) mass is 282 g/mol. The minimum Gasteiger partial charge on any atom is -0.512 e. The number of benzene rings is 1. The van der Waals surface area contributed by atoms with Gasteiger partial charge < -0.3 is 9.67 Å². The first-order chi connectivity index (χ1) is 9.90. The van der Waals surface area contributed by atoms with Gasteiger partial charge in [0.05, 0.1) is 11.1 Å². The van der Waals surface area contributed by atoms with Crippen molar-refractivity contribution >= 4 is 22.3 Å². The maximum atomic E-state index is 12.3. The molecule has 0 bridgehead atoms. The normalized spacial score (nSPS) is 11.9. The number of ketones is 1. The number of aliphatic hydroxyl groups is 1. The molecule has 0 aliphatic rings. The quantitative estimate of drug-likeness (QED) is 0.676. The zero-order valence-electron chi connectivity index (χ0n) is 12.0. The average Bonchev–Trinajstić information content (AvgIpc) is 2.44. The number of aryl methyl sites for hydroxylation is 1. The number of nitrogens with zero attached hydrogens (tertiary/aromatic N) is 2. The minimum atomic E-state index is -0.494. The summed E-state index contributed by atoms with van der Waals surface area (Å²) in [5.74, 6) is -0.609. The summed E-state index contributed by atoms with van der Waals surface area (Å²) < 4.78 is 1.36. The Labute approximate surface area is 121 Å². The van der Waals surface area contributed by atoms with E-state index in [-0.39, 0.29) is 22.5 Å². The Bertz CT molecular complexity index is 879. The summed E-state index contributed by atoms with van der Waals surface area (Å²) >= 11 is 0. The number of allylic oxidation sites excluding steroid dienone is 2. The van der Waals surface area contributed by atoms with Gasteiger partial charge in [0, 0.05) is 18.0 Å². The fraction of sp³-hybridized carbons (Fsp3) is 0.188. The molecule has 5 nitrogen and oxygen atoms in total. The third-order valence-corrected chi connectivity index (χ3v) is 3.38. The zero-order chi connectivity index (χ0) is 15.7. The highest BCUT2D eigenvalue weighted by molar-refractivity contribution is 6.23. The Morgan fingerprint density at radius 2 is 1.90 bits per heavy atom.